The molecule has 2 rings (SSSR count). The van der Waals surface area contributed by atoms with Crippen LogP contribution in [0.3, 0.4) is 0 Å². The molecule has 0 radical (unpaired) electrons. The molecule has 0 aromatic heterocycles. The molecule has 0 N–H and O–H groups in total. The zero-order valence-electron chi connectivity index (χ0n) is 9.64. The van der Waals surface area contributed by atoms with Gasteiger partial charge >= 0.3 is 0 Å². The normalized spacial score (nSPS) is 22.9. The van der Waals surface area contributed by atoms with Gasteiger partial charge in [-0.05, 0) is 49.9 Å². The van der Waals surface area contributed by atoms with Crippen LogP contribution < -0.4 is 0 Å². The molecule has 1 aromatic rings. The molecule has 84 valence electrons. The van der Waals surface area contributed by atoms with Gasteiger partial charge in [0.1, 0.15) is 5.78 Å². The number of allylic oxidation sites excluding steroid dienone is 1. The lowest BCUT2D eigenvalue weighted by Crippen LogP contribution is -2.30. The second-order valence-electron chi connectivity index (χ2n) is 4.69. The van der Waals surface area contributed by atoms with Crippen LogP contribution in [0.25, 0.3) is 0 Å². The van der Waals surface area contributed by atoms with E-state index in [1.807, 2.05) is 25.1 Å². The van der Waals surface area contributed by atoms with Gasteiger partial charge in [0.25, 0.3) is 0 Å². The summed E-state index contributed by atoms with van der Waals surface area (Å²) in [5.74, 6) is 0.201. The number of carbonyl (C=O) groups excluding carboxylic acids is 1. The largest absolute Gasteiger partial charge is 0.299 e. The van der Waals surface area contributed by atoms with Crippen LogP contribution in [0.2, 0.25) is 5.02 Å². The van der Waals surface area contributed by atoms with Crippen molar-refractivity contribution in [2.45, 2.75) is 26.7 Å². The second kappa shape index (κ2) is 3.74. The standard InChI is InChI=1S/C14H15ClO/c1-9(2)14(10(3)16)7-11-4-5-13(15)6-12(11)8-14/h4-6H,1,7-8H2,2-3H3. The van der Waals surface area contributed by atoms with Crippen molar-refractivity contribution < 1.29 is 4.79 Å². The molecule has 0 spiro atoms. The van der Waals surface area contributed by atoms with Crippen LogP contribution in [0.15, 0.2) is 30.4 Å². The molecular formula is C14H15ClO. The number of fused-ring (bicyclic) bond motifs is 1. The molecule has 1 aromatic carbocycles. The number of hydrogen-bond donors (Lipinski definition) is 0. The lowest BCUT2D eigenvalue weighted by atomic mass is 9.75. The van der Waals surface area contributed by atoms with E-state index >= 15 is 0 Å². The van der Waals surface area contributed by atoms with Crippen LogP contribution in [0.5, 0.6) is 0 Å². The first-order chi connectivity index (χ1) is 7.45. The number of carbonyl (C=O) groups is 1. The molecule has 1 unspecified atom stereocenters. The maximum atomic E-state index is 11.9. The van der Waals surface area contributed by atoms with E-state index in [1.54, 1.807) is 6.92 Å². The minimum absolute atomic E-state index is 0.201. The predicted octanol–water partition coefficient (Wildman–Crippen LogP) is 3.59. The summed E-state index contributed by atoms with van der Waals surface area (Å²) in [7, 11) is 0. The summed E-state index contributed by atoms with van der Waals surface area (Å²) < 4.78 is 0. The van der Waals surface area contributed by atoms with Gasteiger partial charge in [-0.25, -0.2) is 0 Å². The zero-order valence-corrected chi connectivity index (χ0v) is 10.4. The van der Waals surface area contributed by atoms with Gasteiger partial charge in [0.2, 0.25) is 0 Å². The summed E-state index contributed by atoms with van der Waals surface area (Å²) in [6, 6.07) is 5.87. The maximum absolute atomic E-state index is 11.9. The van der Waals surface area contributed by atoms with E-state index in [-0.39, 0.29) is 5.78 Å². The SMILES string of the molecule is C=C(C)C1(C(C)=O)Cc2ccc(Cl)cc2C1. The van der Waals surface area contributed by atoms with Crippen LogP contribution >= 0.6 is 11.6 Å². The van der Waals surface area contributed by atoms with Crippen LogP contribution in [-0.4, -0.2) is 5.78 Å². The Morgan fingerprint density at radius 3 is 2.50 bits per heavy atom. The number of benzene rings is 1. The van der Waals surface area contributed by atoms with E-state index in [2.05, 4.69) is 6.58 Å². The van der Waals surface area contributed by atoms with Gasteiger partial charge in [-0.3, -0.25) is 4.79 Å². The summed E-state index contributed by atoms with van der Waals surface area (Å²) in [6.45, 7) is 7.58. The molecule has 16 heavy (non-hydrogen) atoms. The molecule has 0 saturated heterocycles. The molecule has 0 aliphatic heterocycles. The Balaban J connectivity index is 2.46. The van der Waals surface area contributed by atoms with E-state index in [9.17, 15) is 4.79 Å². The van der Waals surface area contributed by atoms with E-state index < -0.39 is 5.41 Å². The average Bonchev–Trinajstić information content (AvgIpc) is 2.57. The molecule has 0 fully saturated rings. The Morgan fingerprint density at radius 1 is 1.31 bits per heavy atom. The fourth-order valence-electron chi connectivity index (χ4n) is 2.50. The highest BCUT2D eigenvalue weighted by atomic mass is 35.5. The van der Waals surface area contributed by atoms with E-state index in [1.165, 1.54) is 11.1 Å². The predicted molar refractivity (Wildman–Crippen MR) is 66.8 cm³/mol. The molecule has 2 heteroatoms. The van der Waals surface area contributed by atoms with Crippen molar-refractivity contribution >= 4 is 17.4 Å². The Bertz CT molecular complexity index is 460. The lowest BCUT2D eigenvalue weighted by molar-refractivity contribution is -0.124. The molecule has 0 saturated carbocycles. The summed E-state index contributed by atoms with van der Waals surface area (Å²) in [5.41, 5.74) is 2.97. The first-order valence-corrected chi connectivity index (χ1v) is 5.78. The van der Waals surface area contributed by atoms with Crippen LogP contribution in [0.1, 0.15) is 25.0 Å². The monoisotopic (exact) mass is 234 g/mol. The van der Waals surface area contributed by atoms with Crippen LogP contribution in [-0.2, 0) is 17.6 Å². The average molecular weight is 235 g/mol. The topological polar surface area (TPSA) is 17.1 Å². The summed E-state index contributed by atoms with van der Waals surface area (Å²) in [6.07, 6.45) is 1.51. The van der Waals surface area contributed by atoms with Crippen molar-refractivity contribution in [3.05, 3.63) is 46.5 Å². The minimum atomic E-state index is -0.396. The van der Waals surface area contributed by atoms with Gasteiger partial charge in [-0.2, -0.15) is 0 Å². The van der Waals surface area contributed by atoms with Crippen molar-refractivity contribution in [1.82, 2.24) is 0 Å². The van der Waals surface area contributed by atoms with Crippen molar-refractivity contribution in [2.75, 3.05) is 0 Å². The molecule has 1 aliphatic rings. The van der Waals surface area contributed by atoms with Crippen LogP contribution in [0, 0.1) is 5.41 Å². The number of ketones is 1. The molecule has 1 aliphatic carbocycles. The summed E-state index contributed by atoms with van der Waals surface area (Å²) >= 11 is 5.97. The van der Waals surface area contributed by atoms with Gasteiger partial charge in [0.05, 0.1) is 5.41 Å². The van der Waals surface area contributed by atoms with E-state index in [0.717, 1.165) is 23.4 Å². The molecule has 1 atom stereocenters. The van der Waals surface area contributed by atoms with Crippen molar-refractivity contribution in [2.24, 2.45) is 5.41 Å². The van der Waals surface area contributed by atoms with Gasteiger partial charge in [-0.1, -0.05) is 29.8 Å². The summed E-state index contributed by atoms with van der Waals surface area (Å²) in [4.78, 5) is 11.9. The second-order valence-corrected chi connectivity index (χ2v) is 5.12. The molecule has 0 amide bonds. The molecule has 0 heterocycles. The fourth-order valence-corrected chi connectivity index (χ4v) is 2.69. The van der Waals surface area contributed by atoms with Crippen molar-refractivity contribution in [1.29, 1.82) is 0 Å². The quantitative estimate of drug-likeness (QED) is 0.715. The smallest absolute Gasteiger partial charge is 0.140 e. The molecule has 0 bridgehead atoms. The third-order valence-electron chi connectivity index (χ3n) is 3.64. The van der Waals surface area contributed by atoms with E-state index in [0.29, 0.717) is 0 Å². The lowest BCUT2D eigenvalue weighted by Gasteiger charge is -2.26. The first-order valence-electron chi connectivity index (χ1n) is 5.40. The minimum Gasteiger partial charge on any atom is -0.299 e. The van der Waals surface area contributed by atoms with Crippen molar-refractivity contribution in [3.63, 3.8) is 0 Å². The fraction of sp³-hybridized carbons (Fsp3) is 0.357. The van der Waals surface area contributed by atoms with E-state index in [4.69, 9.17) is 11.6 Å². The molecular weight excluding hydrogens is 220 g/mol. The highest BCUT2D eigenvalue weighted by Crippen LogP contribution is 2.43. The number of hydrogen-bond acceptors (Lipinski definition) is 1. The first kappa shape index (κ1) is 11.4. The Kier molecular flexibility index (Phi) is 2.67. The van der Waals surface area contributed by atoms with Gasteiger partial charge < -0.3 is 0 Å². The van der Waals surface area contributed by atoms with Crippen LogP contribution in [0.4, 0.5) is 0 Å². The highest BCUT2D eigenvalue weighted by Gasteiger charge is 2.41. The number of halogens is 1. The number of rotatable bonds is 2. The van der Waals surface area contributed by atoms with Crippen molar-refractivity contribution in [3.8, 4) is 0 Å². The third-order valence-corrected chi connectivity index (χ3v) is 3.88. The summed E-state index contributed by atoms with van der Waals surface area (Å²) in [5, 5.41) is 0.736. The molecule has 1 nitrogen and oxygen atoms in total. The Morgan fingerprint density at radius 2 is 1.94 bits per heavy atom. The number of Topliss-reactive ketones (excluding diaryl/α,β-unsaturated/α-hetero) is 1. The third kappa shape index (κ3) is 1.60. The highest BCUT2D eigenvalue weighted by molar-refractivity contribution is 6.30. The maximum Gasteiger partial charge on any atom is 0.140 e. The Labute approximate surface area is 101 Å². The zero-order chi connectivity index (χ0) is 11.9. The van der Waals surface area contributed by atoms with Gasteiger partial charge in [0, 0.05) is 5.02 Å². The van der Waals surface area contributed by atoms with Gasteiger partial charge in [0.15, 0.2) is 0 Å². The Hall–Kier alpha value is -1.08. The van der Waals surface area contributed by atoms with Gasteiger partial charge in [-0.15, -0.1) is 0 Å².